The van der Waals surface area contributed by atoms with Crippen molar-refractivity contribution >= 4 is 0 Å². The van der Waals surface area contributed by atoms with Crippen LogP contribution in [0.25, 0.3) is 0 Å². The first-order valence-corrected chi connectivity index (χ1v) is 4.24. The van der Waals surface area contributed by atoms with Crippen LogP contribution >= 0.6 is 0 Å². The maximum atomic E-state index is 12.5. The van der Waals surface area contributed by atoms with Gasteiger partial charge in [-0.1, -0.05) is 12.1 Å². The van der Waals surface area contributed by atoms with Crippen molar-refractivity contribution in [3.8, 4) is 5.75 Å². The van der Waals surface area contributed by atoms with Gasteiger partial charge in [-0.25, -0.2) is 8.78 Å². The number of aromatic hydroxyl groups is 1. The molecule has 70 valence electrons. The van der Waals surface area contributed by atoms with Gasteiger partial charge in [0.25, 0.3) is 0 Å². The van der Waals surface area contributed by atoms with Crippen LogP contribution in [0, 0.1) is 0 Å². The minimum Gasteiger partial charge on any atom is -0.508 e. The van der Waals surface area contributed by atoms with Gasteiger partial charge >= 0.3 is 0 Å². The first-order valence-electron chi connectivity index (χ1n) is 4.24. The summed E-state index contributed by atoms with van der Waals surface area (Å²) in [4.78, 5) is 0. The molecule has 2 rings (SSSR count). The molecule has 0 aromatic heterocycles. The molecule has 1 aliphatic carbocycles. The molecule has 0 heterocycles. The smallest absolute Gasteiger partial charge is 0.249 e. The largest absolute Gasteiger partial charge is 0.508 e. The van der Waals surface area contributed by atoms with E-state index in [-0.39, 0.29) is 24.5 Å². The van der Waals surface area contributed by atoms with Crippen LogP contribution in [0.15, 0.2) is 24.3 Å². The van der Waals surface area contributed by atoms with Crippen molar-refractivity contribution < 1.29 is 13.9 Å². The third kappa shape index (κ3) is 1.64. The van der Waals surface area contributed by atoms with Crippen molar-refractivity contribution in [2.24, 2.45) is 0 Å². The van der Waals surface area contributed by atoms with Gasteiger partial charge < -0.3 is 5.11 Å². The van der Waals surface area contributed by atoms with Crippen molar-refractivity contribution in [2.75, 3.05) is 0 Å². The topological polar surface area (TPSA) is 20.2 Å². The van der Waals surface area contributed by atoms with Crippen LogP contribution in [0.2, 0.25) is 0 Å². The van der Waals surface area contributed by atoms with E-state index in [1.54, 1.807) is 12.1 Å². The third-order valence-electron chi connectivity index (χ3n) is 2.45. The van der Waals surface area contributed by atoms with E-state index < -0.39 is 5.92 Å². The molecule has 13 heavy (non-hydrogen) atoms. The Bertz CT molecular complexity index is 297. The van der Waals surface area contributed by atoms with Gasteiger partial charge in [-0.05, 0) is 23.6 Å². The number of hydrogen-bond donors (Lipinski definition) is 1. The molecule has 1 aromatic rings. The second-order valence-electron chi connectivity index (χ2n) is 3.55. The number of halogens is 2. The highest BCUT2D eigenvalue weighted by atomic mass is 19.3. The highest BCUT2D eigenvalue weighted by Gasteiger charge is 2.45. The summed E-state index contributed by atoms with van der Waals surface area (Å²) in [5.74, 6) is -2.33. The zero-order valence-corrected chi connectivity index (χ0v) is 7.00. The van der Waals surface area contributed by atoms with E-state index >= 15 is 0 Å². The van der Waals surface area contributed by atoms with E-state index in [0.717, 1.165) is 5.56 Å². The predicted octanol–water partition coefficient (Wildman–Crippen LogP) is 2.90. The molecule has 1 N–H and O–H groups in total. The molecule has 1 aliphatic rings. The minimum absolute atomic E-state index is 0.0319. The van der Waals surface area contributed by atoms with Crippen molar-refractivity contribution in [1.82, 2.24) is 0 Å². The molecular formula is C10H10F2O. The molecule has 0 aliphatic heterocycles. The normalized spacial score (nSPS) is 21.1. The summed E-state index contributed by atoms with van der Waals surface area (Å²) in [6, 6.07) is 6.47. The summed E-state index contributed by atoms with van der Waals surface area (Å²) in [7, 11) is 0. The molecule has 0 atom stereocenters. The Morgan fingerprint density at radius 3 is 2.15 bits per heavy atom. The lowest BCUT2D eigenvalue weighted by atomic mass is 9.77. The van der Waals surface area contributed by atoms with Gasteiger partial charge in [0.05, 0.1) is 0 Å². The standard InChI is InChI=1S/C10H10F2O/c11-10(12)5-8(6-10)7-1-3-9(13)4-2-7/h1-4,8,13H,5-6H2. The fourth-order valence-electron chi connectivity index (χ4n) is 1.64. The van der Waals surface area contributed by atoms with Crippen LogP contribution < -0.4 is 0 Å². The van der Waals surface area contributed by atoms with Gasteiger partial charge in [0, 0.05) is 12.8 Å². The van der Waals surface area contributed by atoms with Gasteiger partial charge in [-0.3, -0.25) is 0 Å². The van der Waals surface area contributed by atoms with Crippen LogP contribution in [0.4, 0.5) is 8.78 Å². The summed E-state index contributed by atoms with van der Waals surface area (Å²) >= 11 is 0. The van der Waals surface area contributed by atoms with Crippen molar-refractivity contribution in [1.29, 1.82) is 0 Å². The number of alkyl halides is 2. The molecular weight excluding hydrogens is 174 g/mol. The Morgan fingerprint density at radius 2 is 1.69 bits per heavy atom. The number of benzene rings is 1. The van der Waals surface area contributed by atoms with E-state index in [4.69, 9.17) is 5.11 Å². The first kappa shape index (κ1) is 8.48. The Morgan fingerprint density at radius 1 is 1.15 bits per heavy atom. The Kier molecular flexibility index (Phi) is 1.75. The van der Waals surface area contributed by atoms with E-state index in [1.165, 1.54) is 12.1 Å². The summed E-state index contributed by atoms with van der Waals surface area (Å²) in [5.41, 5.74) is 0.892. The molecule has 1 nitrogen and oxygen atoms in total. The molecule has 1 aromatic carbocycles. The lowest BCUT2D eigenvalue weighted by molar-refractivity contribution is -0.0867. The molecule has 1 saturated carbocycles. The number of phenols is 1. The van der Waals surface area contributed by atoms with Crippen LogP contribution in [0.3, 0.4) is 0 Å². The molecule has 1 fully saturated rings. The minimum atomic E-state index is -2.47. The average molecular weight is 184 g/mol. The van der Waals surface area contributed by atoms with E-state index in [1.807, 2.05) is 0 Å². The van der Waals surface area contributed by atoms with E-state index in [0.29, 0.717) is 0 Å². The van der Waals surface area contributed by atoms with Gasteiger partial charge in [0.1, 0.15) is 5.75 Å². The van der Waals surface area contributed by atoms with E-state index in [9.17, 15) is 8.78 Å². The van der Waals surface area contributed by atoms with Crippen molar-refractivity contribution in [3.05, 3.63) is 29.8 Å². The Hall–Kier alpha value is -1.12. The van der Waals surface area contributed by atoms with Gasteiger partial charge in [-0.2, -0.15) is 0 Å². The molecule has 0 saturated heterocycles. The monoisotopic (exact) mass is 184 g/mol. The maximum Gasteiger partial charge on any atom is 0.249 e. The fourth-order valence-corrected chi connectivity index (χ4v) is 1.64. The second-order valence-corrected chi connectivity index (χ2v) is 3.55. The summed E-state index contributed by atoms with van der Waals surface area (Å²) in [6.45, 7) is 0. The molecule has 0 spiro atoms. The van der Waals surface area contributed by atoms with Gasteiger partial charge in [0.2, 0.25) is 5.92 Å². The molecule has 0 amide bonds. The van der Waals surface area contributed by atoms with Crippen LogP contribution in [0.1, 0.15) is 24.3 Å². The highest BCUT2D eigenvalue weighted by molar-refractivity contribution is 5.30. The SMILES string of the molecule is Oc1ccc(C2CC(F)(F)C2)cc1. The number of phenolic OH excluding ortho intramolecular Hbond substituents is 1. The summed E-state index contributed by atoms with van der Waals surface area (Å²) in [5, 5.41) is 8.98. The summed E-state index contributed by atoms with van der Waals surface area (Å²) < 4.78 is 25.0. The zero-order chi connectivity index (χ0) is 9.47. The van der Waals surface area contributed by atoms with E-state index in [2.05, 4.69) is 0 Å². The van der Waals surface area contributed by atoms with Crippen molar-refractivity contribution in [3.63, 3.8) is 0 Å². The zero-order valence-electron chi connectivity index (χ0n) is 7.00. The lowest BCUT2D eigenvalue weighted by Gasteiger charge is -2.35. The first-order chi connectivity index (χ1) is 6.07. The Balaban J connectivity index is 2.08. The Labute approximate surface area is 75.0 Å². The van der Waals surface area contributed by atoms with Gasteiger partial charge in [0.15, 0.2) is 0 Å². The third-order valence-corrected chi connectivity index (χ3v) is 2.45. The average Bonchev–Trinajstić information content (AvgIpc) is 2.01. The molecule has 3 heteroatoms. The fraction of sp³-hybridized carbons (Fsp3) is 0.400. The molecule has 0 unspecified atom stereocenters. The number of rotatable bonds is 1. The van der Waals surface area contributed by atoms with Crippen LogP contribution in [0.5, 0.6) is 5.75 Å². The quantitative estimate of drug-likeness (QED) is 0.711. The molecule has 0 bridgehead atoms. The summed E-state index contributed by atoms with van der Waals surface area (Å²) in [6.07, 6.45) is -0.116. The van der Waals surface area contributed by atoms with Gasteiger partial charge in [-0.15, -0.1) is 0 Å². The van der Waals surface area contributed by atoms with Crippen LogP contribution in [-0.2, 0) is 0 Å². The lowest BCUT2D eigenvalue weighted by Crippen LogP contribution is -2.33. The maximum absolute atomic E-state index is 12.5. The van der Waals surface area contributed by atoms with Crippen LogP contribution in [-0.4, -0.2) is 11.0 Å². The van der Waals surface area contributed by atoms with Crippen molar-refractivity contribution in [2.45, 2.75) is 24.7 Å². The highest BCUT2D eigenvalue weighted by Crippen LogP contribution is 2.48. The number of hydrogen-bond acceptors (Lipinski definition) is 1. The predicted molar refractivity (Wildman–Crippen MR) is 45.0 cm³/mol. The molecule has 0 radical (unpaired) electrons. The second kappa shape index (κ2) is 2.69.